The molecule has 0 radical (unpaired) electrons. The molecule has 1 aliphatic heterocycles. The van der Waals surface area contributed by atoms with Crippen LogP contribution in [0, 0.1) is 5.92 Å². The van der Waals surface area contributed by atoms with Crippen LogP contribution < -0.4 is 16.0 Å². The van der Waals surface area contributed by atoms with Crippen molar-refractivity contribution in [2.45, 2.75) is 25.4 Å². The van der Waals surface area contributed by atoms with Gasteiger partial charge < -0.3 is 20.7 Å². The maximum Gasteiger partial charge on any atom is 0.227 e. The summed E-state index contributed by atoms with van der Waals surface area (Å²) >= 11 is 0. The fourth-order valence-corrected chi connectivity index (χ4v) is 2.43. The van der Waals surface area contributed by atoms with Crippen molar-refractivity contribution < 1.29 is 14.3 Å². The van der Waals surface area contributed by atoms with Crippen LogP contribution >= 0.6 is 12.4 Å². The molecule has 1 aromatic carbocycles. The lowest BCUT2D eigenvalue weighted by molar-refractivity contribution is -0.119. The van der Waals surface area contributed by atoms with E-state index in [1.54, 1.807) is 6.07 Å². The number of carbonyl (C=O) groups excluding carboxylic acids is 2. The molecule has 1 saturated carbocycles. The van der Waals surface area contributed by atoms with Gasteiger partial charge in [-0.2, -0.15) is 0 Å². The first-order valence-corrected chi connectivity index (χ1v) is 7.74. The Hall–Kier alpha value is -1.63. The number of hydrogen-bond donors (Lipinski definition) is 3. The van der Waals surface area contributed by atoms with Gasteiger partial charge in [-0.3, -0.25) is 9.59 Å². The molecule has 1 saturated heterocycles. The summed E-state index contributed by atoms with van der Waals surface area (Å²) in [5, 5.41) is 8.92. The van der Waals surface area contributed by atoms with E-state index in [1.165, 1.54) is 0 Å². The van der Waals surface area contributed by atoms with Crippen LogP contribution in [0.4, 0.5) is 11.4 Å². The predicted molar refractivity (Wildman–Crippen MR) is 90.9 cm³/mol. The van der Waals surface area contributed by atoms with Gasteiger partial charge in [0.2, 0.25) is 11.8 Å². The van der Waals surface area contributed by atoms with Crippen LogP contribution in [-0.2, 0) is 14.3 Å². The van der Waals surface area contributed by atoms with Crippen molar-refractivity contribution in [3.05, 3.63) is 24.3 Å². The molecule has 7 heteroatoms. The normalized spacial score (nSPS) is 20.3. The fourth-order valence-electron chi connectivity index (χ4n) is 2.43. The van der Waals surface area contributed by atoms with Gasteiger partial charge in [-0.15, -0.1) is 12.4 Å². The Labute approximate surface area is 141 Å². The molecular weight excluding hydrogens is 318 g/mol. The number of carbonyl (C=O) groups is 2. The summed E-state index contributed by atoms with van der Waals surface area (Å²) in [7, 11) is 0. The molecule has 3 N–H and O–H groups in total. The molecule has 3 rings (SSSR count). The van der Waals surface area contributed by atoms with Crippen molar-refractivity contribution in [3.63, 3.8) is 0 Å². The minimum absolute atomic E-state index is 0. The molecule has 126 valence electrons. The topological polar surface area (TPSA) is 79.5 Å². The molecule has 0 aromatic heterocycles. The number of halogens is 1. The summed E-state index contributed by atoms with van der Waals surface area (Å²) in [4.78, 5) is 23.8. The average molecular weight is 340 g/mol. The van der Waals surface area contributed by atoms with Crippen molar-refractivity contribution in [1.82, 2.24) is 5.32 Å². The Kier molecular flexibility index (Phi) is 6.38. The lowest BCUT2D eigenvalue weighted by atomic mass is 10.2. The third kappa shape index (κ3) is 5.49. The van der Waals surface area contributed by atoms with E-state index in [2.05, 4.69) is 16.0 Å². The van der Waals surface area contributed by atoms with E-state index in [0.29, 0.717) is 30.9 Å². The van der Waals surface area contributed by atoms with Crippen LogP contribution in [0.2, 0.25) is 0 Å². The molecule has 6 nitrogen and oxygen atoms in total. The Morgan fingerprint density at radius 2 is 1.96 bits per heavy atom. The monoisotopic (exact) mass is 339 g/mol. The SMILES string of the molecule is Cl.O=C(CC1CNCCO1)Nc1cccc(NC(=O)C2CC2)c1. The van der Waals surface area contributed by atoms with E-state index in [0.717, 1.165) is 19.4 Å². The number of benzene rings is 1. The van der Waals surface area contributed by atoms with Crippen LogP contribution in [0.25, 0.3) is 0 Å². The highest BCUT2D eigenvalue weighted by atomic mass is 35.5. The van der Waals surface area contributed by atoms with Crippen LogP contribution in [0.1, 0.15) is 19.3 Å². The number of anilines is 2. The maximum absolute atomic E-state index is 12.0. The lowest BCUT2D eigenvalue weighted by Gasteiger charge is -2.23. The minimum Gasteiger partial charge on any atom is -0.375 e. The van der Waals surface area contributed by atoms with Crippen LogP contribution in [0.5, 0.6) is 0 Å². The first kappa shape index (κ1) is 17.7. The van der Waals surface area contributed by atoms with E-state index in [1.807, 2.05) is 18.2 Å². The Morgan fingerprint density at radius 1 is 1.22 bits per heavy atom. The minimum atomic E-state index is -0.0839. The summed E-state index contributed by atoms with van der Waals surface area (Å²) in [6, 6.07) is 7.23. The van der Waals surface area contributed by atoms with Gasteiger partial charge in [-0.05, 0) is 31.0 Å². The molecule has 1 unspecified atom stereocenters. The van der Waals surface area contributed by atoms with Gasteiger partial charge in [0.1, 0.15) is 0 Å². The van der Waals surface area contributed by atoms with Gasteiger partial charge in [0, 0.05) is 30.4 Å². The second kappa shape index (κ2) is 8.29. The summed E-state index contributed by atoms with van der Waals surface area (Å²) in [6.07, 6.45) is 2.19. The average Bonchev–Trinajstić information content (AvgIpc) is 3.33. The van der Waals surface area contributed by atoms with Crippen LogP contribution in [0.3, 0.4) is 0 Å². The Morgan fingerprint density at radius 3 is 2.61 bits per heavy atom. The zero-order valence-electron chi connectivity index (χ0n) is 12.8. The molecular formula is C16H22ClN3O3. The van der Waals surface area contributed by atoms with Crippen LogP contribution in [0.15, 0.2) is 24.3 Å². The van der Waals surface area contributed by atoms with Crippen molar-refractivity contribution in [2.24, 2.45) is 5.92 Å². The molecule has 23 heavy (non-hydrogen) atoms. The number of hydrogen-bond acceptors (Lipinski definition) is 4. The maximum atomic E-state index is 12.0. The predicted octanol–water partition coefficient (Wildman–Crippen LogP) is 1.77. The second-order valence-corrected chi connectivity index (χ2v) is 5.79. The van der Waals surface area contributed by atoms with E-state index in [4.69, 9.17) is 4.74 Å². The lowest BCUT2D eigenvalue weighted by Crippen LogP contribution is -2.40. The number of amides is 2. The van der Waals surface area contributed by atoms with Gasteiger partial charge in [-0.1, -0.05) is 6.07 Å². The third-order valence-corrected chi connectivity index (χ3v) is 3.78. The largest absolute Gasteiger partial charge is 0.375 e. The molecule has 2 aliphatic rings. The van der Waals surface area contributed by atoms with Gasteiger partial charge in [-0.25, -0.2) is 0 Å². The number of ether oxygens (including phenoxy) is 1. The van der Waals surface area contributed by atoms with Gasteiger partial charge >= 0.3 is 0 Å². The molecule has 1 aliphatic carbocycles. The first-order chi connectivity index (χ1) is 10.7. The van der Waals surface area contributed by atoms with E-state index in [-0.39, 0.29) is 36.2 Å². The van der Waals surface area contributed by atoms with Crippen molar-refractivity contribution in [2.75, 3.05) is 30.3 Å². The first-order valence-electron chi connectivity index (χ1n) is 7.74. The van der Waals surface area contributed by atoms with E-state index in [9.17, 15) is 9.59 Å². The summed E-state index contributed by atoms with van der Waals surface area (Å²) < 4.78 is 5.52. The van der Waals surface area contributed by atoms with Gasteiger partial charge in [0.15, 0.2) is 0 Å². The molecule has 1 heterocycles. The smallest absolute Gasteiger partial charge is 0.227 e. The standard InChI is InChI=1S/C16H21N3O3.ClH/c20-15(9-14-10-17-6-7-22-14)18-12-2-1-3-13(8-12)19-16(21)11-4-5-11;/h1-3,8,11,14,17H,4-7,9-10H2,(H,18,20)(H,19,21);1H. The fraction of sp³-hybridized carbons (Fsp3) is 0.500. The Balaban J connectivity index is 0.00000192. The summed E-state index contributed by atoms with van der Waals surface area (Å²) in [5.41, 5.74) is 1.40. The summed E-state index contributed by atoms with van der Waals surface area (Å²) in [5.74, 6) is 0.138. The van der Waals surface area contributed by atoms with E-state index < -0.39 is 0 Å². The van der Waals surface area contributed by atoms with Crippen LogP contribution in [-0.4, -0.2) is 37.6 Å². The second-order valence-electron chi connectivity index (χ2n) is 5.79. The highest BCUT2D eigenvalue weighted by Gasteiger charge is 2.29. The van der Waals surface area contributed by atoms with Crippen molar-refractivity contribution in [3.8, 4) is 0 Å². The summed E-state index contributed by atoms with van der Waals surface area (Å²) in [6.45, 7) is 2.17. The number of morpholine rings is 1. The van der Waals surface area contributed by atoms with Gasteiger partial charge in [0.05, 0.1) is 19.1 Å². The zero-order valence-corrected chi connectivity index (χ0v) is 13.7. The highest BCUT2D eigenvalue weighted by molar-refractivity contribution is 5.96. The highest BCUT2D eigenvalue weighted by Crippen LogP contribution is 2.30. The number of rotatable bonds is 5. The Bertz CT molecular complexity index is 557. The van der Waals surface area contributed by atoms with Crippen molar-refractivity contribution in [1.29, 1.82) is 0 Å². The molecule has 1 aromatic rings. The zero-order chi connectivity index (χ0) is 15.4. The quantitative estimate of drug-likeness (QED) is 0.764. The molecule has 2 fully saturated rings. The number of nitrogens with one attached hydrogen (secondary N) is 3. The van der Waals surface area contributed by atoms with Gasteiger partial charge in [0.25, 0.3) is 0 Å². The molecule has 1 atom stereocenters. The molecule has 0 spiro atoms. The van der Waals surface area contributed by atoms with E-state index >= 15 is 0 Å². The van der Waals surface area contributed by atoms with Crippen molar-refractivity contribution >= 4 is 35.6 Å². The molecule has 0 bridgehead atoms. The third-order valence-electron chi connectivity index (χ3n) is 3.78. The molecule has 2 amide bonds.